The highest BCUT2D eigenvalue weighted by molar-refractivity contribution is 7.99. The highest BCUT2D eigenvalue weighted by Gasteiger charge is 2.26. The van der Waals surface area contributed by atoms with Gasteiger partial charge in [0.25, 0.3) is 10.0 Å². The van der Waals surface area contributed by atoms with E-state index in [0.29, 0.717) is 18.0 Å². The predicted molar refractivity (Wildman–Crippen MR) is 132 cm³/mol. The van der Waals surface area contributed by atoms with Crippen LogP contribution in [0.4, 0.5) is 5.69 Å². The van der Waals surface area contributed by atoms with E-state index in [1.165, 1.54) is 9.87 Å². The standard InChI is InChI=1S/C25H28N2O3S2/c1-3-21-11-13-22(14-12-21)27(32(29,30)24-7-5-4-6-8-24)19-25(28)26-17-18-31-23-15-9-20(2)10-16-23/h4-16H,3,17-19H2,1-2H3,(H,26,28). The number of carbonyl (C=O) groups is 1. The smallest absolute Gasteiger partial charge is 0.264 e. The molecule has 3 aromatic rings. The maximum Gasteiger partial charge on any atom is 0.264 e. The number of nitrogens with one attached hydrogen (secondary N) is 1. The molecule has 0 fully saturated rings. The lowest BCUT2D eigenvalue weighted by Crippen LogP contribution is -2.41. The zero-order chi connectivity index (χ0) is 23.0. The Kier molecular flexibility index (Phi) is 8.36. The molecular weight excluding hydrogens is 440 g/mol. The van der Waals surface area contributed by atoms with Gasteiger partial charge in [0, 0.05) is 17.2 Å². The second-order valence-electron chi connectivity index (χ2n) is 7.36. The van der Waals surface area contributed by atoms with Crippen LogP contribution < -0.4 is 9.62 Å². The SMILES string of the molecule is CCc1ccc(N(CC(=O)NCCSc2ccc(C)cc2)S(=O)(=O)c2ccccc2)cc1. The van der Waals surface area contributed by atoms with Crippen LogP contribution in [-0.2, 0) is 21.2 Å². The first-order valence-corrected chi connectivity index (χ1v) is 13.0. The van der Waals surface area contributed by atoms with Crippen molar-refractivity contribution in [1.82, 2.24) is 5.32 Å². The molecule has 7 heteroatoms. The molecule has 1 N–H and O–H groups in total. The first kappa shape index (κ1) is 23.9. The summed E-state index contributed by atoms with van der Waals surface area (Å²) in [5.74, 6) is 0.361. The zero-order valence-corrected chi connectivity index (χ0v) is 20.0. The van der Waals surface area contributed by atoms with E-state index >= 15 is 0 Å². The summed E-state index contributed by atoms with van der Waals surface area (Å²) < 4.78 is 27.8. The number of hydrogen-bond donors (Lipinski definition) is 1. The highest BCUT2D eigenvalue weighted by atomic mass is 32.2. The lowest BCUT2D eigenvalue weighted by molar-refractivity contribution is -0.119. The predicted octanol–water partition coefficient (Wildman–Crippen LogP) is 4.66. The topological polar surface area (TPSA) is 66.5 Å². The van der Waals surface area contributed by atoms with E-state index in [2.05, 4.69) is 29.6 Å². The molecule has 0 aliphatic rings. The number of thioether (sulfide) groups is 1. The van der Waals surface area contributed by atoms with Gasteiger partial charge in [0.15, 0.2) is 0 Å². The summed E-state index contributed by atoms with van der Waals surface area (Å²) in [6.07, 6.45) is 0.852. The van der Waals surface area contributed by atoms with E-state index in [1.807, 2.05) is 26.0 Å². The van der Waals surface area contributed by atoms with Crippen molar-refractivity contribution in [1.29, 1.82) is 0 Å². The summed E-state index contributed by atoms with van der Waals surface area (Å²) in [4.78, 5) is 13.9. The van der Waals surface area contributed by atoms with Gasteiger partial charge in [-0.3, -0.25) is 9.10 Å². The molecule has 3 aromatic carbocycles. The zero-order valence-electron chi connectivity index (χ0n) is 18.3. The monoisotopic (exact) mass is 468 g/mol. The third kappa shape index (κ3) is 6.37. The van der Waals surface area contributed by atoms with Gasteiger partial charge in [0.05, 0.1) is 10.6 Å². The van der Waals surface area contributed by atoms with Crippen LogP contribution in [0, 0.1) is 6.92 Å². The first-order valence-electron chi connectivity index (χ1n) is 10.5. The second-order valence-corrected chi connectivity index (χ2v) is 10.4. The third-order valence-corrected chi connectivity index (χ3v) is 7.77. The molecule has 0 saturated carbocycles. The van der Waals surface area contributed by atoms with Gasteiger partial charge in [-0.15, -0.1) is 11.8 Å². The molecule has 0 spiro atoms. The molecule has 0 aromatic heterocycles. The minimum absolute atomic E-state index is 0.155. The fourth-order valence-electron chi connectivity index (χ4n) is 3.11. The van der Waals surface area contributed by atoms with E-state index in [-0.39, 0.29) is 17.3 Å². The molecular formula is C25H28N2O3S2. The van der Waals surface area contributed by atoms with Gasteiger partial charge < -0.3 is 5.32 Å². The van der Waals surface area contributed by atoms with Gasteiger partial charge in [0.1, 0.15) is 6.54 Å². The molecule has 32 heavy (non-hydrogen) atoms. The Morgan fingerprint density at radius 3 is 2.22 bits per heavy atom. The van der Waals surface area contributed by atoms with Crippen molar-refractivity contribution in [2.75, 3.05) is 23.1 Å². The number of benzene rings is 3. The van der Waals surface area contributed by atoms with E-state index in [0.717, 1.165) is 16.9 Å². The lowest BCUT2D eigenvalue weighted by Gasteiger charge is -2.24. The Balaban J connectivity index is 1.69. The first-order chi connectivity index (χ1) is 15.4. The van der Waals surface area contributed by atoms with Crippen molar-refractivity contribution >= 4 is 33.4 Å². The maximum atomic E-state index is 13.3. The van der Waals surface area contributed by atoms with Crippen LogP contribution in [0.2, 0.25) is 0 Å². The highest BCUT2D eigenvalue weighted by Crippen LogP contribution is 2.24. The molecule has 168 valence electrons. The fraction of sp³-hybridized carbons (Fsp3) is 0.240. The van der Waals surface area contributed by atoms with E-state index in [9.17, 15) is 13.2 Å². The molecule has 0 aliphatic heterocycles. The van der Waals surface area contributed by atoms with Crippen molar-refractivity contribution in [3.63, 3.8) is 0 Å². The number of anilines is 1. The summed E-state index contributed by atoms with van der Waals surface area (Å²) in [6, 6.07) is 23.7. The number of nitrogens with zero attached hydrogens (tertiary/aromatic N) is 1. The molecule has 0 bridgehead atoms. The number of hydrogen-bond acceptors (Lipinski definition) is 4. The van der Waals surface area contributed by atoms with Crippen LogP contribution >= 0.6 is 11.8 Å². The molecule has 1 amide bonds. The second kappa shape index (κ2) is 11.2. The summed E-state index contributed by atoms with van der Waals surface area (Å²) in [5, 5.41) is 2.84. The molecule has 0 aliphatic carbocycles. The number of aryl methyl sites for hydroxylation is 2. The van der Waals surface area contributed by atoms with Crippen LogP contribution in [0.5, 0.6) is 0 Å². The quantitative estimate of drug-likeness (QED) is 0.347. The average Bonchev–Trinajstić information content (AvgIpc) is 2.82. The number of amides is 1. The Labute approximate surface area is 194 Å². The minimum Gasteiger partial charge on any atom is -0.354 e. The summed E-state index contributed by atoms with van der Waals surface area (Å²) in [5.41, 5.74) is 2.77. The molecule has 5 nitrogen and oxygen atoms in total. The maximum absolute atomic E-state index is 13.3. The van der Waals surface area contributed by atoms with Gasteiger partial charge in [-0.1, -0.05) is 55.0 Å². The number of sulfonamides is 1. The Bertz CT molecular complexity index is 1110. The van der Waals surface area contributed by atoms with Gasteiger partial charge in [-0.05, 0) is 55.3 Å². The van der Waals surface area contributed by atoms with Gasteiger partial charge in [0.2, 0.25) is 5.91 Å². The van der Waals surface area contributed by atoms with E-state index in [1.54, 1.807) is 54.2 Å². The fourth-order valence-corrected chi connectivity index (χ4v) is 5.32. The van der Waals surface area contributed by atoms with Crippen LogP contribution in [-0.4, -0.2) is 33.2 Å². The minimum atomic E-state index is -3.88. The average molecular weight is 469 g/mol. The van der Waals surface area contributed by atoms with E-state index < -0.39 is 10.0 Å². The molecule has 0 radical (unpaired) electrons. The van der Waals surface area contributed by atoms with Gasteiger partial charge in [-0.2, -0.15) is 0 Å². The summed E-state index contributed by atoms with van der Waals surface area (Å²) >= 11 is 1.65. The van der Waals surface area contributed by atoms with Crippen molar-refractivity contribution in [2.45, 2.75) is 30.1 Å². The van der Waals surface area contributed by atoms with Crippen LogP contribution in [0.1, 0.15) is 18.1 Å². The lowest BCUT2D eigenvalue weighted by atomic mass is 10.1. The number of carbonyl (C=O) groups excluding carboxylic acids is 1. The molecule has 0 atom stereocenters. The van der Waals surface area contributed by atoms with Crippen molar-refractivity contribution in [2.24, 2.45) is 0 Å². The van der Waals surface area contributed by atoms with Crippen LogP contribution in [0.15, 0.2) is 88.7 Å². The van der Waals surface area contributed by atoms with Gasteiger partial charge in [-0.25, -0.2) is 8.42 Å². The van der Waals surface area contributed by atoms with Crippen LogP contribution in [0.25, 0.3) is 0 Å². The normalized spacial score (nSPS) is 11.2. The largest absolute Gasteiger partial charge is 0.354 e. The summed E-state index contributed by atoms with van der Waals surface area (Å²) in [6.45, 7) is 4.25. The Morgan fingerprint density at radius 1 is 0.938 bits per heavy atom. The van der Waals surface area contributed by atoms with Crippen molar-refractivity contribution in [3.8, 4) is 0 Å². The van der Waals surface area contributed by atoms with Gasteiger partial charge >= 0.3 is 0 Å². The molecule has 0 unspecified atom stereocenters. The third-order valence-electron chi connectivity index (χ3n) is 4.96. The molecule has 3 rings (SSSR count). The molecule has 0 heterocycles. The summed E-state index contributed by atoms with van der Waals surface area (Å²) in [7, 11) is -3.88. The van der Waals surface area contributed by atoms with Crippen molar-refractivity contribution in [3.05, 3.63) is 90.0 Å². The Hall–Kier alpha value is -2.77. The van der Waals surface area contributed by atoms with Crippen LogP contribution in [0.3, 0.4) is 0 Å². The van der Waals surface area contributed by atoms with Crippen molar-refractivity contribution < 1.29 is 13.2 Å². The number of rotatable bonds is 10. The molecule has 0 saturated heterocycles. The van der Waals surface area contributed by atoms with E-state index in [4.69, 9.17) is 0 Å². The Morgan fingerprint density at radius 2 is 1.59 bits per heavy atom.